The Hall–Kier alpha value is -12.0. The van der Waals surface area contributed by atoms with Crippen LogP contribution in [0, 0.1) is 79.7 Å². The summed E-state index contributed by atoms with van der Waals surface area (Å²) in [6, 6.07) is 85.7. The first-order chi connectivity index (χ1) is 57.3. The second-order valence-electron chi connectivity index (χ2n) is 28.8. The van der Waals surface area contributed by atoms with Gasteiger partial charge in [0.25, 0.3) is 0 Å². The SMILES string of the molecule is CC(=O)C=C(C)O.CC(=O)C=C(C)O.CC(=O)C=C(C)O.CC(=O)C=C(C)O.Cc1cc(C)c(-c2cc3cnc(-c4[c-]cccc4)cc3o2)c(C)c1.Cc1cc(C)cc(-c2cc3cnc(-c4[c-]cccc4)cc3o2)c1.Cc1ccc(-c2cc3cnc(-c4[c-]cccc4)cc3o2)cc1.Cc1cccc(C)c1-c1cc2cnc(-c3[c-]cccc3)cc2o1.[Ir].[Ir].[Ir].[Ir]. The van der Waals surface area contributed by atoms with Crippen LogP contribution in [0.3, 0.4) is 0 Å². The number of allylic oxidation sites excluding steroid dienone is 8. The molecule has 20 heteroatoms. The summed E-state index contributed by atoms with van der Waals surface area (Å²) in [6.07, 6.45) is 12.1. The maximum atomic E-state index is 10.0. The van der Waals surface area contributed by atoms with Crippen LogP contribution in [0.25, 0.3) is 134 Å². The van der Waals surface area contributed by atoms with Crippen molar-refractivity contribution >= 4 is 67.0 Å². The predicted octanol–water partition coefficient (Wildman–Crippen LogP) is 26.5. The third-order valence-electron chi connectivity index (χ3n) is 17.7. The van der Waals surface area contributed by atoms with E-state index in [2.05, 4.69) is 191 Å². The summed E-state index contributed by atoms with van der Waals surface area (Å²) in [5.41, 5.74) is 25.2. The molecule has 4 radical (unpaired) electrons. The van der Waals surface area contributed by atoms with Crippen molar-refractivity contribution < 1.29 is 138 Å². The molecule has 644 valence electrons. The number of aliphatic hydroxyl groups is 4. The van der Waals surface area contributed by atoms with E-state index in [9.17, 15) is 19.2 Å². The second-order valence-corrected chi connectivity index (χ2v) is 28.8. The summed E-state index contributed by atoms with van der Waals surface area (Å²) >= 11 is 0. The number of benzene rings is 8. The molecule has 16 rings (SSSR count). The van der Waals surface area contributed by atoms with Crippen LogP contribution in [-0.2, 0) is 99.6 Å². The van der Waals surface area contributed by atoms with Crippen LogP contribution in [-0.4, -0.2) is 63.5 Å². The predicted molar refractivity (Wildman–Crippen MR) is 481 cm³/mol. The molecule has 8 aromatic heterocycles. The first-order valence-corrected chi connectivity index (χ1v) is 38.6. The molecule has 0 unspecified atom stereocenters. The molecule has 0 saturated carbocycles. The van der Waals surface area contributed by atoms with Crippen LogP contribution in [0.4, 0.5) is 0 Å². The van der Waals surface area contributed by atoms with Crippen LogP contribution in [0.5, 0.6) is 0 Å². The Bertz CT molecular complexity index is 6180. The van der Waals surface area contributed by atoms with Crippen LogP contribution < -0.4 is 0 Å². The number of carbonyl (C=O) groups excluding carboxylic acids is 4. The number of furan rings is 4. The molecule has 16 nitrogen and oxygen atoms in total. The smallest absolute Gasteiger partial charge is 0.155 e. The van der Waals surface area contributed by atoms with Gasteiger partial charge in [-0.25, -0.2) is 0 Å². The zero-order valence-electron chi connectivity index (χ0n) is 71.6. The number of hydrogen-bond donors (Lipinski definition) is 4. The average Bonchev–Trinajstić information content (AvgIpc) is 1.64. The Kier molecular flexibility index (Phi) is 41.3. The van der Waals surface area contributed by atoms with E-state index in [0.717, 1.165) is 129 Å². The minimum atomic E-state index is -0.125. The van der Waals surface area contributed by atoms with E-state index in [1.165, 1.54) is 130 Å². The van der Waals surface area contributed by atoms with Crippen molar-refractivity contribution in [1.82, 2.24) is 19.9 Å². The van der Waals surface area contributed by atoms with Crippen LogP contribution >= 0.6 is 0 Å². The van der Waals surface area contributed by atoms with Crippen molar-refractivity contribution in [2.45, 2.75) is 111 Å². The Morgan fingerprint density at radius 3 is 0.815 bits per heavy atom. The summed E-state index contributed by atoms with van der Waals surface area (Å²) in [6.45, 7) is 28.3. The molecule has 0 aliphatic heterocycles. The largest absolute Gasteiger partial charge is 0.512 e. The summed E-state index contributed by atoms with van der Waals surface area (Å²) in [5, 5.41) is 37.5. The van der Waals surface area contributed by atoms with Gasteiger partial charge in [-0.1, -0.05) is 82.9 Å². The number of ketones is 4. The first-order valence-electron chi connectivity index (χ1n) is 38.6. The minimum Gasteiger partial charge on any atom is -0.512 e. The van der Waals surface area contributed by atoms with E-state index in [1.807, 2.05) is 152 Å². The molecule has 8 aromatic carbocycles. The van der Waals surface area contributed by atoms with Gasteiger partial charge in [-0.15, -0.1) is 144 Å². The minimum absolute atomic E-state index is 0. The fourth-order valence-corrected chi connectivity index (χ4v) is 12.8. The van der Waals surface area contributed by atoms with E-state index in [4.69, 9.17) is 38.1 Å². The van der Waals surface area contributed by atoms with Crippen molar-refractivity contribution in [2.75, 3.05) is 0 Å². The fourth-order valence-electron chi connectivity index (χ4n) is 12.8. The molecule has 0 aliphatic rings. The standard InChI is InChI=1S/C22H18NO.2C21H16NO.C20H14NO.4C5H8O2.4Ir/c1-14-9-15(2)22(16(3)10-14)21-11-18-13-23-19(12-20(18)24-21)17-7-5-4-6-8-17;1-14-7-6-8-15(2)21(14)20-11-17-13-22-18(12-19(17)23-20)16-9-4-3-5-10-16;1-14-8-15(2)10-17(9-14)20-11-18-13-22-19(12-21(18)23-20)16-6-4-3-5-7-16;1-14-7-9-16(10-8-14)19-11-17-13-21-18(12-20(17)22-19)15-5-3-2-4-6-15;4*1-4(6)3-5(2)7;;;;/h4-7,9-13H,1-3H3;3-9,11-13H,1-2H3;3-6,8-13H,1-2H3;2-5,7-13H,1H3;4*3,6H,1-2H3;;;;/q4*-1;;;;;;;;. The number of carbonyl (C=O) groups is 4. The third kappa shape index (κ3) is 31.4. The molecule has 8 heterocycles. The Morgan fingerprint density at radius 2 is 0.548 bits per heavy atom. The molecule has 4 N–H and O–H groups in total. The van der Waals surface area contributed by atoms with Crippen molar-refractivity contribution in [3.8, 4) is 90.3 Å². The topological polar surface area (TPSA) is 253 Å². The first kappa shape index (κ1) is 103. The summed E-state index contributed by atoms with van der Waals surface area (Å²) < 4.78 is 24.4. The monoisotopic (exact) mass is 2360 g/mol. The fraction of sp³-hybridized carbons (Fsp3) is 0.154. The molecule has 0 fully saturated rings. The third-order valence-corrected chi connectivity index (χ3v) is 17.7. The van der Waals surface area contributed by atoms with Crippen molar-refractivity contribution in [3.63, 3.8) is 0 Å². The maximum absolute atomic E-state index is 10.0. The van der Waals surface area contributed by atoms with Crippen molar-refractivity contribution in [2.24, 2.45) is 0 Å². The number of aryl methyl sites for hydroxylation is 8. The zero-order chi connectivity index (χ0) is 86.7. The molecule has 0 atom stereocenters. The molecular weight excluding hydrogens is 2270 g/mol. The van der Waals surface area contributed by atoms with Gasteiger partial charge >= 0.3 is 0 Å². The van der Waals surface area contributed by atoms with Crippen LogP contribution in [0.15, 0.2) is 308 Å². The molecule has 0 aliphatic carbocycles. The summed E-state index contributed by atoms with van der Waals surface area (Å²) in [4.78, 5) is 58.2. The Balaban J connectivity index is 0.000000263. The number of nitrogens with zero attached hydrogens (tertiary/aromatic N) is 4. The van der Waals surface area contributed by atoms with E-state index >= 15 is 0 Å². The molecule has 0 saturated heterocycles. The number of fused-ring (bicyclic) bond motifs is 4. The molecule has 0 amide bonds. The van der Waals surface area contributed by atoms with Gasteiger partial charge in [-0.2, -0.15) is 0 Å². The maximum Gasteiger partial charge on any atom is 0.155 e. The van der Waals surface area contributed by atoms with E-state index in [0.29, 0.717) is 0 Å². The number of aliphatic hydroxyl groups excluding tert-OH is 4. The van der Waals surface area contributed by atoms with Crippen molar-refractivity contribution in [1.29, 1.82) is 0 Å². The number of hydrogen-bond acceptors (Lipinski definition) is 16. The van der Waals surface area contributed by atoms with Gasteiger partial charge in [-0.3, -0.25) is 19.2 Å². The van der Waals surface area contributed by atoms with Gasteiger partial charge in [-0.05, 0) is 216 Å². The Labute approximate surface area is 778 Å². The number of rotatable bonds is 12. The van der Waals surface area contributed by atoms with Gasteiger partial charge in [0.1, 0.15) is 45.4 Å². The molecule has 0 spiro atoms. The summed E-state index contributed by atoms with van der Waals surface area (Å²) in [7, 11) is 0. The Morgan fingerprint density at radius 1 is 0.282 bits per heavy atom. The average molecular weight is 2360 g/mol. The van der Waals surface area contributed by atoms with Gasteiger partial charge in [0.05, 0.1) is 23.0 Å². The van der Waals surface area contributed by atoms with Gasteiger partial charge < -0.3 is 58.0 Å². The molecular formula is C104H96Ir4N4O12-4. The quantitative estimate of drug-likeness (QED) is 0.0504. The van der Waals surface area contributed by atoms with E-state index < -0.39 is 0 Å². The van der Waals surface area contributed by atoms with Gasteiger partial charge in [0.2, 0.25) is 0 Å². The summed E-state index contributed by atoms with van der Waals surface area (Å²) in [5.74, 6) is 3.29. The van der Waals surface area contributed by atoms with Gasteiger partial charge in [0.15, 0.2) is 23.1 Å². The van der Waals surface area contributed by atoms with E-state index in [1.54, 1.807) is 0 Å². The van der Waals surface area contributed by atoms with E-state index in [-0.39, 0.29) is 127 Å². The zero-order valence-corrected chi connectivity index (χ0v) is 81.2. The molecule has 16 aromatic rings. The molecule has 0 bridgehead atoms. The van der Waals surface area contributed by atoms with Crippen molar-refractivity contribution in [3.05, 3.63) is 359 Å². The second kappa shape index (κ2) is 49.9. The normalized spacial score (nSPS) is 10.8. The number of aromatic nitrogens is 4. The number of pyridine rings is 4. The van der Waals surface area contributed by atoms with Crippen LogP contribution in [0.2, 0.25) is 0 Å². The van der Waals surface area contributed by atoms with Crippen LogP contribution in [0.1, 0.15) is 99.9 Å². The molecule has 124 heavy (non-hydrogen) atoms. The van der Waals surface area contributed by atoms with Gasteiger partial charge in [0, 0.05) is 173 Å².